The van der Waals surface area contributed by atoms with E-state index in [1.165, 1.54) is 87.9 Å². The number of carbonyl (C=O) groups excluding carboxylic acids is 1. The van der Waals surface area contributed by atoms with Crippen molar-refractivity contribution in [2.75, 3.05) is 28.4 Å². The number of methoxy groups -OCH3 is 4. The maximum absolute atomic E-state index is 14.4. The first-order valence-electron chi connectivity index (χ1n) is 40.7. The van der Waals surface area contributed by atoms with Gasteiger partial charge in [0.1, 0.15) is 34.6 Å². The first-order valence-corrected chi connectivity index (χ1v) is 49.2. The number of fused-ring (bicyclic) bond motifs is 2. The molecule has 0 aliphatic carbocycles. The van der Waals surface area contributed by atoms with Crippen molar-refractivity contribution in [1.29, 1.82) is 0 Å². The van der Waals surface area contributed by atoms with Gasteiger partial charge in [0.2, 0.25) is 0 Å². The number of halogens is 7. The van der Waals surface area contributed by atoms with Crippen molar-refractivity contribution in [1.82, 2.24) is 0 Å². The van der Waals surface area contributed by atoms with Crippen LogP contribution in [0.5, 0.6) is 23.0 Å². The Bertz CT molecular complexity index is 5560. The van der Waals surface area contributed by atoms with Gasteiger partial charge in [-0.1, -0.05) is 411 Å². The zero-order valence-electron chi connectivity index (χ0n) is 73.4. The summed E-state index contributed by atoms with van der Waals surface area (Å²) in [5.41, 5.74) is 0.833. The Hall–Kier alpha value is -7.37. The molecule has 18 rings (SSSR count). The Balaban J connectivity index is 0.000000190. The third-order valence-corrected chi connectivity index (χ3v) is 31.8. The monoisotopic (exact) mass is 2210 g/mol. The van der Waals surface area contributed by atoms with Crippen molar-refractivity contribution in [3.63, 3.8) is 0 Å². The fourth-order valence-corrected chi connectivity index (χ4v) is 24.9. The van der Waals surface area contributed by atoms with E-state index in [1.54, 1.807) is 40.6 Å². The van der Waals surface area contributed by atoms with Crippen molar-refractivity contribution in [2.45, 2.75) is 0 Å². The van der Waals surface area contributed by atoms with Crippen LogP contribution in [0.25, 0.3) is 32.7 Å². The van der Waals surface area contributed by atoms with Gasteiger partial charge in [0.05, 0.1) is 51.9 Å². The molecule has 18 aromatic carbocycles. The maximum atomic E-state index is 14.4. The fraction of sp³-hybridized carbons (Fsp3) is 0.0367. The third-order valence-electron chi connectivity index (χ3n) is 19.6. The van der Waals surface area contributed by atoms with Crippen LogP contribution in [0.2, 0.25) is 10.0 Å². The van der Waals surface area contributed by atoms with E-state index in [1.807, 2.05) is 48.5 Å². The second-order valence-electron chi connectivity index (χ2n) is 27.8. The predicted octanol–water partition coefficient (Wildman–Crippen LogP) is 23.3. The molecule has 0 saturated heterocycles. The summed E-state index contributed by atoms with van der Waals surface area (Å²) in [6, 6.07) is 154. The maximum Gasteiger partial charge on any atom is 0.491 e. The standard InChI is InChI=1S/C18H13BrClFO2.4C18H15P.C12H10Br2O2.C6H5BClFO2.CH2O3.2K.Pd/c1-22-17-11(10-4-3-5-15(20)16(10)21)6-7-13-12(17)8-9-14(19)18(13)23-2;4*1-4-10-16(11-5-1)19(17-12-6-2-7-13-17)18-14-8-3-9-15-18;1-15-11-7-3-6-10(14)12(16-2)8(7)4-5-9(11)13;8-5-3-1-2-4(6(5)9)7(10)11;2-1-4-3;;;/h3-9H,1-2H3;4*1-15H;3-6H,1-2H3;1-3,10-11H;1,3H;;;. The van der Waals surface area contributed by atoms with Crippen LogP contribution in [0.4, 0.5) is 8.78 Å². The smallest absolute Gasteiger partial charge is 0.491 e. The predicted molar refractivity (Wildman–Crippen MR) is 571 cm³/mol. The average Bonchev–Trinajstić information content (AvgIpc) is 0.763. The molecule has 18 aromatic rings. The zero-order valence-corrected chi connectivity index (χ0v) is 91.1. The molecule has 0 saturated carbocycles. The minimum absolute atomic E-state index is 0. The van der Waals surface area contributed by atoms with E-state index >= 15 is 0 Å². The van der Waals surface area contributed by atoms with Gasteiger partial charge in [-0.25, -0.2) is 14.0 Å². The Morgan fingerprint density at radius 3 is 0.647 bits per heavy atom. The number of hydrogen-bond acceptors (Lipinski definition) is 9. The van der Waals surface area contributed by atoms with Crippen molar-refractivity contribution in [3.8, 4) is 34.1 Å². The molecule has 3 N–H and O–H groups in total. The third kappa shape index (κ3) is 32.1. The molecule has 0 aromatic heterocycles. The molecule has 664 valence electrons. The van der Waals surface area contributed by atoms with Gasteiger partial charge in [0.15, 0.2) is 0 Å². The molecule has 0 heterocycles. The molecule has 0 aliphatic heterocycles. The average molecular weight is 2210 g/mol. The van der Waals surface area contributed by atoms with Crippen LogP contribution in [0.15, 0.2) is 462 Å². The molecule has 0 amide bonds. The van der Waals surface area contributed by atoms with Crippen LogP contribution < -0.4 is 88.1 Å². The summed E-state index contributed by atoms with van der Waals surface area (Å²) in [7, 11) is 2.90. The molecule has 0 bridgehead atoms. The van der Waals surface area contributed by atoms with Gasteiger partial charge in [-0.3, -0.25) is 4.79 Å². The summed E-state index contributed by atoms with van der Waals surface area (Å²) in [6.07, 6.45) is 0. The Labute approximate surface area is 917 Å². The van der Waals surface area contributed by atoms with Gasteiger partial charge in [0.25, 0.3) is 0 Å². The van der Waals surface area contributed by atoms with Crippen LogP contribution >= 0.6 is 103 Å². The summed E-state index contributed by atoms with van der Waals surface area (Å²) in [6.45, 7) is -0.0694. The van der Waals surface area contributed by atoms with Gasteiger partial charge in [-0.15, -0.1) is 0 Å². The van der Waals surface area contributed by atoms with E-state index in [4.69, 9.17) is 62.2 Å². The van der Waals surface area contributed by atoms with Crippen molar-refractivity contribution < 1.29 is 73.1 Å². The second-order valence-corrected chi connectivity index (χ2v) is 40.0. The molecular weight excluding hydrogens is 2120 g/mol. The van der Waals surface area contributed by atoms with Gasteiger partial charge in [-0.2, -0.15) is 0 Å². The largest absolute Gasteiger partial charge is 0.495 e. The summed E-state index contributed by atoms with van der Waals surface area (Å²) in [5, 5.41) is 44.7. The van der Waals surface area contributed by atoms with E-state index in [9.17, 15) is 8.78 Å². The summed E-state index contributed by atoms with van der Waals surface area (Å²) < 4.78 is 51.7. The van der Waals surface area contributed by atoms with Crippen LogP contribution in [-0.2, 0) is 30.1 Å². The SMILES string of the molecule is COc1c(Br)ccc2c(OC)c(-c3cccc(Cl)c3F)ccc12.COc1c(Br)ccc2c(OC)c(Br)ccc12.O=COO.OB(O)c1cccc(Cl)c1F.[K].[K].[Pd].c1ccc(P(c2ccccc2)c2ccccc2)cc1.c1ccc(P(c2ccccc2)c2ccccc2)cc1.c1ccc(P(c2ccccc2)c2ccccc2)cc1.c1ccc(P(c2ccccc2)c2ccccc2)cc1. The normalized spacial score (nSPS) is 10.2. The minimum Gasteiger partial charge on any atom is -0.495 e. The topological polar surface area (TPSA) is 124 Å². The Morgan fingerprint density at radius 1 is 0.271 bits per heavy atom. The zero-order chi connectivity index (χ0) is 91.8. The molecule has 0 spiro atoms. The summed E-state index contributed by atoms with van der Waals surface area (Å²) >= 11 is 21.7. The molecule has 133 heavy (non-hydrogen) atoms. The Morgan fingerprint density at radius 2 is 0.459 bits per heavy atom. The molecule has 0 aliphatic rings. The van der Waals surface area contributed by atoms with Crippen LogP contribution in [0, 0.1) is 11.6 Å². The Kier molecular flexibility index (Phi) is 50.4. The summed E-state index contributed by atoms with van der Waals surface area (Å²) in [4.78, 5) is 11.6. The number of benzene rings is 18. The molecule has 0 atom stereocenters. The number of hydrogen-bond donors (Lipinski definition) is 3. The fourth-order valence-electron chi connectivity index (χ4n) is 13.8. The van der Waals surface area contributed by atoms with E-state index in [2.05, 4.69) is 417 Å². The first-order chi connectivity index (χ1) is 63.6. The van der Waals surface area contributed by atoms with Gasteiger partial charge in [0, 0.05) is 161 Å². The van der Waals surface area contributed by atoms with Crippen LogP contribution in [-0.4, -0.2) is 160 Å². The first kappa shape index (κ1) is 111. The molecule has 9 nitrogen and oxygen atoms in total. The van der Waals surface area contributed by atoms with E-state index in [0.29, 0.717) is 22.6 Å². The van der Waals surface area contributed by atoms with E-state index in [-0.39, 0.29) is 145 Å². The van der Waals surface area contributed by atoms with E-state index < -0.39 is 50.4 Å². The number of ether oxygens (including phenoxy) is 4. The molecular formula is C109H90BBr3Cl2F2K2O9P4Pd. The summed E-state index contributed by atoms with van der Waals surface area (Å²) in [5.74, 6) is 1.68. The molecule has 2 radical (unpaired) electrons. The van der Waals surface area contributed by atoms with Gasteiger partial charge in [-0.05, 0) is 204 Å². The number of rotatable bonds is 19. The van der Waals surface area contributed by atoms with Crippen molar-refractivity contribution >= 4 is 310 Å². The van der Waals surface area contributed by atoms with Crippen molar-refractivity contribution in [3.05, 3.63) is 484 Å². The van der Waals surface area contributed by atoms with Crippen molar-refractivity contribution in [2.24, 2.45) is 0 Å². The van der Waals surface area contributed by atoms with E-state index in [0.717, 1.165) is 46.5 Å². The van der Waals surface area contributed by atoms with Crippen LogP contribution in [0.3, 0.4) is 0 Å². The van der Waals surface area contributed by atoms with Crippen LogP contribution in [0.1, 0.15) is 0 Å². The molecule has 0 unspecified atom stereocenters. The molecule has 24 heteroatoms. The molecule has 0 fully saturated rings. The number of carbonyl (C=O) groups is 1. The second kappa shape index (κ2) is 60.4. The van der Waals surface area contributed by atoms with Gasteiger partial charge >= 0.3 is 13.6 Å². The minimum atomic E-state index is -1.81. The van der Waals surface area contributed by atoms with Gasteiger partial charge < -0.3 is 33.9 Å². The quantitative estimate of drug-likeness (QED) is 0.0239.